The van der Waals surface area contributed by atoms with Gasteiger partial charge in [-0.2, -0.15) is 5.26 Å². The molecule has 0 aromatic heterocycles. The molecule has 11 heavy (non-hydrogen) atoms. The molecule has 0 amide bonds. The number of nitriles is 1. The first-order chi connectivity index (χ1) is 5.27. The molecule has 60 valence electrons. The minimum atomic E-state index is -0.0391. The van der Waals surface area contributed by atoms with E-state index in [0.29, 0.717) is 5.92 Å². The first kappa shape index (κ1) is 8.29. The van der Waals surface area contributed by atoms with Crippen molar-refractivity contribution in [3.05, 3.63) is 12.2 Å². The van der Waals surface area contributed by atoms with Crippen LogP contribution in [0.4, 0.5) is 0 Å². The molecule has 3 atom stereocenters. The Morgan fingerprint density at radius 1 is 1.64 bits per heavy atom. The molecule has 0 radical (unpaired) electrons. The standard InChI is InChI=1S/C9H14N2/c1-2-7-3-4-9(11)8(5-7)6-10/h3-4,7-9H,2,5,11H2,1H3. The molecular weight excluding hydrogens is 136 g/mol. The van der Waals surface area contributed by atoms with Crippen LogP contribution in [0, 0.1) is 23.2 Å². The highest BCUT2D eigenvalue weighted by Gasteiger charge is 2.22. The van der Waals surface area contributed by atoms with E-state index in [1.54, 1.807) is 0 Å². The topological polar surface area (TPSA) is 49.8 Å². The zero-order chi connectivity index (χ0) is 8.27. The molecule has 0 fully saturated rings. The fourth-order valence-corrected chi connectivity index (χ4v) is 1.42. The number of allylic oxidation sites excluding steroid dienone is 1. The molecule has 0 aromatic carbocycles. The molecule has 1 aliphatic rings. The van der Waals surface area contributed by atoms with E-state index in [-0.39, 0.29) is 12.0 Å². The van der Waals surface area contributed by atoms with E-state index in [2.05, 4.69) is 19.1 Å². The minimum Gasteiger partial charge on any atom is -0.323 e. The number of hydrogen-bond donors (Lipinski definition) is 1. The van der Waals surface area contributed by atoms with E-state index >= 15 is 0 Å². The van der Waals surface area contributed by atoms with Crippen molar-refractivity contribution in [2.45, 2.75) is 25.8 Å². The van der Waals surface area contributed by atoms with Crippen molar-refractivity contribution >= 4 is 0 Å². The highest BCUT2D eigenvalue weighted by Crippen LogP contribution is 2.24. The summed E-state index contributed by atoms with van der Waals surface area (Å²) in [5, 5.41) is 8.71. The lowest BCUT2D eigenvalue weighted by molar-refractivity contribution is 0.424. The normalized spacial score (nSPS) is 36.6. The highest BCUT2D eigenvalue weighted by molar-refractivity contribution is 5.09. The molecule has 2 heteroatoms. The van der Waals surface area contributed by atoms with Crippen LogP contribution in [0.15, 0.2) is 12.2 Å². The Balaban J connectivity index is 2.61. The van der Waals surface area contributed by atoms with Crippen LogP contribution in [-0.2, 0) is 0 Å². The lowest BCUT2D eigenvalue weighted by Crippen LogP contribution is -2.31. The molecule has 0 aliphatic heterocycles. The van der Waals surface area contributed by atoms with Gasteiger partial charge in [0.1, 0.15) is 0 Å². The summed E-state index contributed by atoms with van der Waals surface area (Å²) in [4.78, 5) is 0. The zero-order valence-corrected chi connectivity index (χ0v) is 6.83. The van der Waals surface area contributed by atoms with Crippen molar-refractivity contribution in [2.75, 3.05) is 0 Å². The van der Waals surface area contributed by atoms with Crippen LogP contribution in [0.25, 0.3) is 0 Å². The molecule has 1 aliphatic carbocycles. The van der Waals surface area contributed by atoms with Gasteiger partial charge in [-0.3, -0.25) is 0 Å². The Kier molecular flexibility index (Phi) is 2.67. The van der Waals surface area contributed by atoms with Crippen molar-refractivity contribution < 1.29 is 0 Å². The molecule has 0 bridgehead atoms. The second kappa shape index (κ2) is 3.54. The van der Waals surface area contributed by atoms with Crippen LogP contribution >= 0.6 is 0 Å². The molecule has 0 spiro atoms. The Morgan fingerprint density at radius 2 is 2.36 bits per heavy atom. The first-order valence-corrected chi connectivity index (χ1v) is 4.11. The summed E-state index contributed by atoms with van der Waals surface area (Å²) in [7, 11) is 0. The smallest absolute Gasteiger partial charge is 0.0675 e. The molecular formula is C9H14N2. The van der Waals surface area contributed by atoms with Crippen LogP contribution in [0.2, 0.25) is 0 Å². The van der Waals surface area contributed by atoms with Gasteiger partial charge < -0.3 is 5.73 Å². The van der Waals surface area contributed by atoms with Crippen molar-refractivity contribution in [1.29, 1.82) is 5.26 Å². The van der Waals surface area contributed by atoms with E-state index in [0.717, 1.165) is 12.8 Å². The average molecular weight is 150 g/mol. The fourth-order valence-electron chi connectivity index (χ4n) is 1.42. The van der Waals surface area contributed by atoms with E-state index in [1.165, 1.54) is 0 Å². The Hall–Kier alpha value is -0.810. The lowest BCUT2D eigenvalue weighted by atomic mass is 9.83. The van der Waals surface area contributed by atoms with Gasteiger partial charge in [-0.25, -0.2) is 0 Å². The molecule has 2 N–H and O–H groups in total. The monoisotopic (exact) mass is 150 g/mol. The minimum absolute atomic E-state index is 0.0324. The maximum Gasteiger partial charge on any atom is 0.0675 e. The van der Waals surface area contributed by atoms with Crippen LogP contribution in [0.5, 0.6) is 0 Å². The third-order valence-electron chi connectivity index (χ3n) is 2.32. The summed E-state index contributed by atoms with van der Waals surface area (Å²) in [5.74, 6) is 0.601. The summed E-state index contributed by atoms with van der Waals surface area (Å²) in [6.45, 7) is 2.14. The maximum absolute atomic E-state index is 8.71. The van der Waals surface area contributed by atoms with Crippen LogP contribution in [0.3, 0.4) is 0 Å². The molecule has 2 nitrogen and oxygen atoms in total. The lowest BCUT2D eigenvalue weighted by Gasteiger charge is -2.23. The number of nitrogens with zero attached hydrogens (tertiary/aromatic N) is 1. The van der Waals surface area contributed by atoms with Crippen molar-refractivity contribution in [3.8, 4) is 6.07 Å². The summed E-state index contributed by atoms with van der Waals surface area (Å²) >= 11 is 0. The van der Waals surface area contributed by atoms with Gasteiger partial charge in [0.2, 0.25) is 0 Å². The second-order valence-electron chi connectivity index (χ2n) is 3.10. The van der Waals surface area contributed by atoms with Crippen LogP contribution in [0.1, 0.15) is 19.8 Å². The second-order valence-corrected chi connectivity index (χ2v) is 3.10. The molecule has 0 saturated heterocycles. The van der Waals surface area contributed by atoms with E-state index in [9.17, 15) is 0 Å². The maximum atomic E-state index is 8.71. The summed E-state index contributed by atoms with van der Waals surface area (Å²) < 4.78 is 0. The predicted octanol–water partition coefficient (Wildman–Crippen LogP) is 1.44. The molecule has 0 saturated carbocycles. The van der Waals surface area contributed by atoms with Gasteiger partial charge in [0.05, 0.1) is 12.0 Å². The van der Waals surface area contributed by atoms with Crippen molar-refractivity contribution in [1.82, 2.24) is 0 Å². The largest absolute Gasteiger partial charge is 0.323 e. The van der Waals surface area contributed by atoms with Crippen LogP contribution < -0.4 is 5.73 Å². The van der Waals surface area contributed by atoms with Gasteiger partial charge in [0, 0.05) is 6.04 Å². The molecule has 0 heterocycles. The van der Waals surface area contributed by atoms with Crippen molar-refractivity contribution in [3.63, 3.8) is 0 Å². The highest BCUT2D eigenvalue weighted by atomic mass is 14.6. The van der Waals surface area contributed by atoms with Crippen LogP contribution in [-0.4, -0.2) is 6.04 Å². The number of nitrogens with two attached hydrogens (primary N) is 1. The van der Waals surface area contributed by atoms with Gasteiger partial charge in [-0.1, -0.05) is 19.1 Å². The predicted molar refractivity (Wildman–Crippen MR) is 44.6 cm³/mol. The molecule has 0 aromatic rings. The van der Waals surface area contributed by atoms with Gasteiger partial charge in [-0.05, 0) is 18.8 Å². The number of rotatable bonds is 1. The summed E-state index contributed by atoms with van der Waals surface area (Å²) in [5.41, 5.74) is 5.70. The van der Waals surface area contributed by atoms with Gasteiger partial charge >= 0.3 is 0 Å². The molecule has 3 unspecified atom stereocenters. The van der Waals surface area contributed by atoms with E-state index < -0.39 is 0 Å². The Morgan fingerprint density at radius 3 is 2.91 bits per heavy atom. The summed E-state index contributed by atoms with van der Waals surface area (Å²) in [6.07, 6.45) is 6.15. The van der Waals surface area contributed by atoms with Gasteiger partial charge in [0.25, 0.3) is 0 Å². The van der Waals surface area contributed by atoms with E-state index in [4.69, 9.17) is 11.0 Å². The Labute approximate surface area is 67.7 Å². The summed E-state index contributed by atoms with van der Waals surface area (Å²) in [6, 6.07) is 2.20. The van der Waals surface area contributed by atoms with E-state index in [1.807, 2.05) is 6.08 Å². The molecule has 1 rings (SSSR count). The SMILES string of the molecule is CCC1C=CC(N)C(C#N)C1. The van der Waals surface area contributed by atoms with Gasteiger partial charge in [-0.15, -0.1) is 0 Å². The third kappa shape index (κ3) is 1.81. The third-order valence-corrected chi connectivity index (χ3v) is 2.32. The Bertz CT molecular complexity index is 190. The average Bonchev–Trinajstić information content (AvgIpc) is 2.05. The zero-order valence-electron chi connectivity index (χ0n) is 6.83. The first-order valence-electron chi connectivity index (χ1n) is 4.11. The fraction of sp³-hybridized carbons (Fsp3) is 0.667. The quantitative estimate of drug-likeness (QED) is 0.575. The number of hydrogen-bond acceptors (Lipinski definition) is 2. The van der Waals surface area contributed by atoms with Gasteiger partial charge in [0.15, 0.2) is 0 Å². The van der Waals surface area contributed by atoms with Crippen molar-refractivity contribution in [2.24, 2.45) is 17.6 Å².